The summed E-state index contributed by atoms with van der Waals surface area (Å²) in [5.41, 5.74) is 0. The van der Waals surface area contributed by atoms with Crippen molar-refractivity contribution in [2.75, 3.05) is 6.54 Å². The van der Waals surface area contributed by atoms with Gasteiger partial charge in [-0.1, -0.05) is 12.1 Å². The Morgan fingerprint density at radius 1 is 1.22 bits per heavy atom. The molecule has 0 saturated carbocycles. The second-order valence-electron chi connectivity index (χ2n) is 4.46. The molecule has 1 aliphatic rings. The van der Waals surface area contributed by atoms with Crippen LogP contribution < -0.4 is 0 Å². The van der Waals surface area contributed by atoms with E-state index in [1.807, 2.05) is 17.5 Å². The highest BCUT2D eigenvalue weighted by molar-refractivity contribution is 8.19. The highest BCUT2D eigenvalue weighted by Gasteiger charge is 2.34. The fourth-order valence-electron chi connectivity index (χ4n) is 1.92. The summed E-state index contributed by atoms with van der Waals surface area (Å²) in [6.07, 6.45) is 1.76. The quantitative estimate of drug-likeness (QED) is 0.757. The van der Waals surface area contributed by atoms with E-state index in [1.165, 1.54) is 22.3 Å². The molecule has 0 unspecified atom stereocenters. The van der Waals surface area contributed by atoms with E-state index in [-0.39, 0.29) is 15.3 Å². The van der Waals surface area contributed by atoms with Crippen LogP contribution in [-0.2, 0) is 14.8 Å². The van der Waals surface area contributed by atoms with E-state index in [2.05, 4.69) is 4.40 Å². The summed E-state index contributed by atoms with van der Waals surface area (Å²) in [6, 6.07) is 6.96. The number of carbonyl (C=O) groups is 1. The number of hydrogen-bond donors (Lipinski definition) is 0. The molecule has 1 aliphatic heterocycles. The molecule has 120 valence electrons. The Labute approximate surface area is 146 Å². The molecule has 2 aromatic heterocycles. The lowest BCUT2D eigenvalue weighted by Gasteiger charge is -2.11. The molecular formula is C14H12N2O3S4. The van der Waals surface area contributed by atoms with Crippen molar-refractivity contribution in [1.82, 2.24) is 4.90 Å². The third-order valence-corrected chi connectivity index (χ3v) is 7.55. The van der Waals surface area contributed by atoms with Crippen LogP contribution in [0.5, 0.6) is 0 Å². The molecule has 2 aromatic rings. The molecule has 0 aromatic carbocycles. The van der Waals surface area contributed by atoms with Gasteiger partial charge >= 0.3 is 0 Å². The van der Waals surface area contributed by atoms with Crippen molar-refractivity contribution < 1.29 is 13.2 Å². The van der Waals surface area contributed by atoms with Crippen molar-refractivity contribution in [3.63, 3.8) is 0 Å². The Balaban J connectivity index is 1.97. The van der Waals surface area contributed by atoms with Crippen LogP contribution in [0.15, 0.2) is 48.5 Å². The molecule has 0 radical (unpaired) electrons. The van der Waals surface area contributed by atoms with Gasteiger partial charge in [-0.25, -0.2) is 0 Å². The van der Waals surface area contributed by atoms with Crippen molar-refractivity contribution in [2.45, 2.75) is 11.1 Å². The van der Waals surface area contributed by atoms with Gasteiger partial charge in [0.05, 0.1) is 4.91 Å². The number of carbonyl (C=O) groups excluding carboxylic acids is 1. The van der Waals surface area contributed by atoms with E-state index < -0.39 is 10.0 Å². The maximum Gasteiger partial charge on any atom is 0.294 e. The van der Waals surface area contributed by atoms with E-state index in [1.54, 1.807) is 24.4 Å². The lowest BCUT2D eigenvalue weighted by Crippen LogP contribution is -2.29. The second-order valence-corrected chi connectivity index (χ2v) is 9.22. The highest BCUT2D eigenvalue weighted by Crippen LogP contribution is 2.34. The zero-order valence-electron chi connectivity index (χ0n) is 12.0. The van der Waals surface area contributed by atoms with Crippen LogP contribution in [0.3, 0.4) is 0 Å². The topological polar surface area (TPSA) is 66.8 Å². The third-order valence-electron chi connectivity index (χ3n) is 2.97. The number of nitrogens with zero attached hydrogens (tertiary/aromatic N) is 2. The number of hydrogen-bond acceptors (Lipinski definition) is 6. The van der Waals surface area contributed by atoms with Gasteiger partial charge in [-0.3, -0.25) is 9.69 Å². The van der Waals surface area contributed by atoms with Crippen molar-refractivity contribution >= 4 is 61.6 Å². The van der Waals surface area contributed by atoms with Crippen LogP contribution >= 0.6 is 34.4 Å². The predicted molar refractivity (Wildman–Crippen MR) is 96.2 cm³/mol. The van der Waals surface area contributed by atoms with Crippen molar-refractivity contribution in [1.29, 1.82) is 0 Å². The lowest BCUT2D eigenvalue weighted by atomic mass is 10.4. The summed E-state index contributed by atoms with van der Waals surface area (Å²) < 4.78 is 28.6. The van der Waals surface area contributed by atoms with Gasteiger partial charge in [0.1, 0.15) is 4.21 Å². The van der Waals surface area contributed by atoms with Gasteiger partial charge < -0.3 is 0 Å². The van der Waals surface area contributed by atoms with E-state index >= 15 is 0 Å². The van der Waals surface area contributed by atoms with Gasteiger partial charge in [0.2, 0.25) is 0 Å². The molecule has 0 N–H and O–H groups in total. The standard InChI is InChI=1S/C14H12N2O3S4/c1-2-16-13(17)11(9-10-5-3-7-20-10)22-14(16)15-23(18,19)12-6-4-8-21-12/h3-9H,2H2,1H3/b11-9-,15-14?. The van der Waals surface area contributed by atoms with Crippen molar-refractivity contribution in [3.8, 4) is 0 Å². The molecule has 23 heavy (non-hydrogen) atoms. The molecule has 3 rings (SSSR count). The molecular weight excluding hydrogens is 372 g/mol. The zero-order valence-corrected chi connectivity index (χ0v) is 15.3. The van der Waals surface area contributed by atoms with Crippen LogP contribution in [0, 0.1) is 0 Å². The number of thiophene rings is 2. The molecule has 1 amide bonds. The fraction of sp³-hybridized carbons (Fsp3) is 0.143. The van der Waals surface area contributed by atoms with Gasteiger partial charge in [-0.15, -0.1) is 27.1 Å². The van der Waals surface area contributed by atoms with Crippen LogP contribution in [-0.4, -0.2) is 30.9 Å². The van der Waals surface area contributed by atoms with E-state index in [4.69, 9.17) is 0 Å². The SMILES string of the molecule is CCN1C(=O)/C(=C/c2cccs2)SC1=NS(=O)(=O)c1cccs1. The summed E-state index contributed by atoms with van der Waals surface area (Å²) in [4.78, 5) is 15.2. The van der Waals surface area contributed by atoms with Gasteiger partial charge in [-0.2, -0.15) is 8.42 Å². The largest absolute Gasteiger partial charge is 0.294 e. The number of amidine groups is 1. The lowest BCUT2D eigenvalue weighted by molar-refractivity contribution is -0.122. The second kappa shape index (κ2) is 6.60. The normalized spacial score (nSPS) is 19.2. The first-order valence-electron chi connectivity index (χ1n) is 6.64. The molecule has 0 atom stereocenters. The van der Waals surface area contributed by atoms with Crippen LogP contribution in [0.2, 0.25) is 0 Å². The molecule has 0 spiro atoms. The highest BCUT2D eigenvalue weighted by atomic mass is 32.2. The number of thioether (sulfide) groups is 1. The van der Waals surface area contributed by atoms with Gasteiger partial charge in [-0.05, 0) is 47.7 Å². The first-order chi connectivity index (χ1) is 11.0. The van der Waals surface area contributed by atoms with Crippen LogP contribution in [0.25, 0.3) is 6.08 Å². The first kappa shape index (κ1) is 16.4. The molecule has 1 saturated heterocycles. The van der Waals surface area contributed by atoms with E-state index in [0.29, 0.717) is 11.4 Å². The average molecular weight is 385 g/mol. The van der Waals surface area contributed by atoms with Gasteiger partial charge in [0, 0.05) is 11.4 Å². The van der Waals surface area contributed by atoms with Crippen LogP contribution in [0.1, 0.15) is 11.8 Å². The van der Waals surface area contributed by atoms with Crippen molar-refractivity contribution in [3.05, 3.63) is 44.8 Å². The summed E-state index contributed by atoms with van der Waals surface area (Å²) in [6.45, 7) is 2.16. The monoisotopic (exact) mass is 384 g/mol. The average Bonchev–Trinajstić information content (AvgIpc) is 3.23. The Hall–Kier alpha value is -1.42. The predicted octanol–water partition coefficient (Wildman–Crippen LogP) is 3.49. The molecule has 0 bridgehead atoms. The molecule has 1 fully saturated rings. The Morgan fingerprint density at radius 3 is 2.57 bits per heavy atom. The Kier molecular flexibility index (Phi) is 4.72. The minimum Gasteiger partial charge on any atom is -0.286 e. The van der Waals surface area contributed by atoms with Gasteiger partial charge in [0.15, 0.2) is 5.17 Å². The summed E-state index contributed by atoms with van der Waals surface area (Å²) in [5.74, 6) is -0.217. The summed E-state index contributed by atoms with van der Waals surface area (Å²) in [5, 5.41) is 3.80. The zero-order chi connectivity index (χ0) is 16.4. The maximum absolute atomic E-state index is 12.4. The number of amides is 1. The fourth-order valence-corrected chi connectivity index (χ4v) is 5.85. The number of rotatable bonds is 4. The number of likely N-dealkylation sites (N-methyl/N-ethyl adjacent to an activating group) is 1. The van der Waals surface area contributed by atoms with E-state index in [0.717, 1.165) is 28.0 Å². The van der Waals surface area contributed by atoms with Gasteiger partial charge in [0.25, 0.3) is 15.9 Å². The molecule has 0 aliphatic carbocycles. The minimum atomic E-state index is -3.79. The first-order valence-corrected chi connectivity index (χ1v) is 10.7. The summed E-state index contributed by atoms with van der Waals surface area (Å²) in [7, 11) is -3.79. The third kappa shape index (κ3) is 3.42. The van der Waals surface area contributed by atoms with Crippen LogP contribution in [0.4, 0.5) is 0 Å². The number of sulfonamides is 1. The van der Waals surface area contributed by atoms with E-state index in [9.17, 15) is 13.2 Å². The molecule has 3 heterocycles. The molecule has 9 heteroatoms. The van der Waals surface area contributed by atoms with Crippen molar-refractivity contribution in [2.24, 2.45) is 4.40 Å². The smallest absolute Gasteiger partial charge is 0.286 e. The summed E-state index contributed by atoms with van der Waals surface area (Å²) >= 11 is 3.72. The Morgan fingerprint density at radius 2 is 1.96 bits per heavy atom. The minimum absolute atomic E-state index is 0.171. The maximum atomic E-state index is 12.4. The molecule has 5 nitrogen and oxygen atoms in total. The Bertz CT molecular complexity index is 865.